The lowest BCUT2D eigenvalue weighted by Gasteiger charge is -2.02. The number of halogens is 2. The molecule has 2 N–H and O–H groups in total. The van der Waals surface area contributed by atoms with E-state index in [-0.39, 0.29) is 5.56 Å². The van der Waals surface area contributed by atoms with E-state index in [1.54, 1.807) is 18.3 Å². The number of nitrogens with one attached hydrogen (secondary N) is 2. The van der Waals surface area contributed by atoms with Gasteiger partial charge >= 0.3 is 5.91 Å². The first kappa shape index (κ1) is 13.7. The number of nitrogens with zero attached hydrogens (tertiary/aromatic N) is 1. The number of carbonyl (C=O) groups excluding carboxylic acids is 1. The summed E-state index contributed by atoms with van der Waals surface area (Å²) in [6.45, 7) is 1.85. The Morgan fingerprint density at radius 2 is 1.95 bits per heavy atom. The predicted molar refractivity (Wildman–Crippen MR) is 67.5 cm³/mol. The molecule has 0 aliphatic carbocycles. The van der Waals surface area contributed by atoms with Crippen molar-refractivity contribution in [3.8, 4) is 0 Å². The van der Waals surface area contributed by atoms with Gasteiger partial charge in [0.25, 0.3) is 5.82 Å². The summed E-state index contributed by atoms with van der Waals surface area (Å²) in [6.07, 6.45) is 1.65. The van der Waals surface area contributed by atoms with Gasteiger partial charge in [-0.3, -0.25) is 0 Å². The molecule has 0 saturated heterocycles. The maximum atomic E-state index is 13.1. The second kappa shape index (κ2) is 5.52. The lowest BCUT2D eigenvalue weighted by atomic mass is 10.1. The second-order valence-electron chi connectivity index (χ2n) is 4.11. The third-order valence-electron chi connectivity index (χ3n) is 2.60. The summed E-state index contributed by atoms with van der Waals surface area (Å²) < 4.78 is 26.1. The number of pyridine rings is 1. The highest BCUT2D eigenvalue weighted by atomic mass is 19.2. The minimum atomic E-state index is -1.24. The van der Waals surface area contributed by atoms with E-state index in [1.807, 2.05) is 6.92 Å². The monoisotopic (exact) mass is 278 g/mol. The number of aryl methyl sites for hydroxylation is 1. The number of benzene rings is 1. The van der Waals surface area contributed by atoms with Gasteiger partial charge < -0.3 is 0 Å². The van der Waals surface area contributed by atoms with Gasteiger partial charge in [0.15, 0.2) is 11.6 Å². The fourth-order valence-electron chi connectivity index (χ4n) is 1.56. The minimum Gasteiger partial charge on any atom is -0.247 e. The lowest BCUT2D eigenvalue weighted by molar-refractivity contribution is -0.361. The summed E-state index contributed by atoms with van der Waals surface area (Å²) in [5.74, 6) is -2.88. The van der Waals surface area contributed by atoms with E-state index < -0.39 is 23.2 Å². The fraction of sp³-hybridized carbons (Fsp3) is 0.0769. The zero-order valence-corrected chi connectivity index (χ0v) is 10.4. The molecule has 20 heavy (non-hydrogen) atoms. The third-order valence-corrected chi connectivity index (χ3v) is 2.60. The first-order valence-corrected chi connectivity index (χ1v) is 5.63. The summed E-state index contributed by atoms with van der Waals surface area (Å²) in [6, 6.07) is 4.56. The van der Waals surface area contributed by atoms with Crippen LogP contribution in [0.2, 0.25) is 0 Å². The molecule has 102 valence electrons. The summed E-state index contributed by atoms with van der Waals surface area (Å²) in [7, 11) is 0. The van der Waals surface area contributed by atoms with Gasteiger partial charge in [0, 0.05) is 12.1 Å². The molecule has 2 aromatic rings. The topological polar surface area (TPSA) is 72.7 Å². The number of aromatic amines is 1. The van der Waals surface area contributed by atoms with Crippen molar-refractivity contribution < 1.29 is 18.6 Å². The van der Waals surface area contributed by atoms with Crippen molar-refractivity contribution in [3.05, 3.63) is 58.1 Å². The van der Waals surface area contributed by atoms with Gasteiger partial charge in [-0.25, -0.2) is 23.9 Å². The maximum absolute atomic E-state index is 13.1. The van der Waals surface area contributed by atoms with Crippen LogP contribution in [0.4, 0.5) is 20.3 Å². The molecule has 0 aliphatic rings. The summed E-state index contributed by atoms with van der Waals surface area (Å²) in [4.78, 5) is 25.3. The van der Waals surface area contributed by atoms with E-state index in [9.17, 15) is 18.5 Å². The molecule has 2 rings (SSSR count). The van der Waals surface area contributed by atoms with Crippen LogP contribution in [0.1, 0.15) is 15.9 Å². The standard InChI is InChI=1S/C13H9F2N3O2/c1-7-2-3-12(16-6-7)17-13(19)8-4-9(14)10(15)5-11(8)18-20/h2-6H,1H3,(H,16,17,19)/p+1. The molecule has 1 heterocycles. The second-order valence-corrected chi connectivity index (χ2v) is 4.11. The molecule has 1 amide bonds. The number of carbonyl (C=O) groups is 1. The highest BCUT2D eigenvalue weighted by molar-refractivity contribution is 6.06. The van der Waals surface area contributed by atoms with Crippen LogP contribution in [0, 0.1) is 23.5 Å². The summed E-state index contributed by atoms with van der Waals surface area (Å²) >= 11 is 0. The van der Waals surface area contributed by atoms with Crippen molar-refractivity contribution in [3.63, 3.8) is 0 Å². The van der Waals surface area contributed by atoms with Crippen LogP contribution in [0.15, 0.2) is 35.6 Å². The molecule has 0 bridgehead atoms. The van der Waals surface area contributed by atoms with Crippen molar-refractivity contribution in [2.24, 2.45) is 5.18 Å². The van der Waals surface area contributed by atoms with Gasteiger partial charge in [-0.1, -0.05) is 0 Å². The quantitative estimate of drug-likeness (QED) is 0.877. The molecular formula is C13H10F2N3O2+. The Labute approximate surface area is 112 Å². The van der Waals surface area contributed by atoms with Gasteiger partial charge in [-0.2, -0.15) is 0 Å². The van der Waals surface area contributed by atoms with E-state index >= 15 is 0 Å². The van der Waals surface area contributed by atoms with E-state index in [4.69, 9.17) is 0 Å². The molecule has 0 unspecified atom stereocenters. The van der Waals surface area contributed by atoms with Crippen LogP contribution >= 0.6 is 0 Å². The van der Waals surface area contributed by atoms with Crippen molar-refractivity contribution in [1.82, 2.24) is 0 Å². The van der Waals surface area contributed by atoms with Crippen LogP contribution in [0.5, 0.6) is 0 Å². The van der Waals surface area contributed by atoms with Crippen molar-refractivity contribution in [2.45, 2.75) is 6.92 Å². The van der Waals surface area contributed by atoms with Gasteiger partial charge in [0.1, 0.15) is 5.69 Å². The first-order chi connectivity index (χ1) is 9.51. The molecule has 0 radical (unpaired) electrons. The minimum absolute atomic E-state index is 0.340. The molecule has 0 saturated carbocycles. The third kappa shape index (κ3) is 2.82. The van der Waals surface area contributed by atoms with Gasteiger partial charge in [0.2, 0.25) is 0 Å². The number of rotatable bonds is 3. The van der Waals surface area contributed by atoms with E-state index in [1.165, 1.54) is 0 Å². The van der Waals surface area contributed by atoms with E-state index in [0.717, 1.165) is 5.56 Å². The molecule has 0 fully saturated rings. The van der Waals surface area contributed by atoms with Crippen molar-refractivity contribution in [1.29, 1.82) is 0 Å². The van der Waals surface area contributed by atoms with E-state index in [2.05, 4.69) is 15.5 Å². The Balaban J connectivity index is 2.31. The number of H-pyrrole nitrogens is 1. The molecule has 0 atom stereocenters. The summed E-state index contributed by atoms with van der Waals surface area (Å²) in [5.41, 5.74) is 0.146. The highest BCUT2D eigenvalue weighted by Crippen LogP contribution is 2.23. The molecule has 0 aliphatic heterocycles. The van der Waals surface area contributed by atoms with Crippen molar-refractivity contribution in [2.75, 3.05) is 5.32 Å². The first-order valence-electron chi connectivity index (χ1n) is 5.63. The average Bonchev–Trinajstić information content (AvgIpc) is 2.43. The Hall–Kier alpha value is -2.70. The highest BCUT2D eigenvalue weighted by Gasteiger charge is 2.20. The molecule has 0 spiro atoms. The Morgan fingerprint density at radius 1 is 1.25 bits per heavy atom. The molecule has 7 heteroatoms. The normalized spacial score (nSPS) is 10.2. The summed E-state index contributed by atoms with van der Waals surface area (Å²) in [5, 5.41) is 4.95. The number of nitroso groups, excluding NO2 is 1. The van der Waals surface area contributed by atoms with Gasteiger partial charge in [-0.15, -0.1) is 4.91 Å². The number of hydrogen-bond donors (Lipinski definition) is 1. The zero-order chi connectivity index (χ0) is 14.7. The van der Waals surface area contributed by atoms with Crippen LogP contribution in [0.3, 0.4) is 0 Å². The molecule has 5 nitrogen and oxygen atoms in total. The fourth-order valence-corrected chi connectivity index (χ4v) is 1.56. The van der Waals surface area contributed by atoms with E-state index in [0.29, 0.717) is 18.0 Å². The number of amides is 1. The van der Waals surface area contributed by atoms with Crippen LogP contribution in [-0.4, -0.2) is 5.91 Å². The van der Waals surface area contributed by atoms with Crippen LogP contribution in [0.25, 0.3) is 0 Å². The van der Waals surface area contributed by atoms with Gasteiger partial charge in [-0.05, 0) is 29.8 Å². The van der Waals surface area contributed by atoms with Crippen LogP contribution in [-0.2, 0) is 0 Å². The Bertz CT molecular complexity index is 672. The lowest BCUT2D eigenvalue weighted by Crippen LogP contribution is -2.19. The molecular weight excluding hydrogens is 268 g/mol. The Kier molecular flexibility index (Phi) is 3.79. The largest absolute Gasteiger partial charge is 0.341 e. The molecule has 1 aromatic heterocycles. The SMILES string of the molecule is Cc1ccc(NC(=O)c2cc(F)c(F)cc2N=O)[nH+]c1. The van der Waals surface area contributed by atoms with Crippen molar-refractivity contribution >= 4 is 17.4 Å². The number of anilines is 1. The van der Waals surface area contributed by atoms with Gasteiger partial charge in [0.05, 0.1) is 11.8 Å². The predicted octanol–water partition coefficient (Wildman–Crippen LogP) is 2.74. The zero-order valence-electron chi connectivity index (χ0n) is 10.4. The molecule has 1 aromatic carbocycles. The van der Waals surface area contributed by atoms with Crippen LogP contribution < -0.4 is 10.3 Å². The number of aromatic nitrogens is 1. The average molecular weight is 278 g/mol. The smallest absolute Gasteiger partial charge is 0.247 e. The Morgan fingerprint density at radius 3 is 2.55 bits per heavy atom. The maximum Gasteiger partial charge on any atom is 0.341 e. The number of hydrogen-bond acceptors (Lipinski definition) is 3.